The van der Waals surface area contributed by atoms with E-state index < -0.39 is 0 Å². The molecule has 2 aromatic rings. The van der Waals surface area contributed by atoms with E-state index in [9.17, 15) is 0 Å². The second-order valence-corrected chi connectivity index (χ2v) is 6.03. The fourth-order valence-corrected chi connectivity index (χ4v) is 2.25. The Morgan fingerprint density at radius 1 is 1.26 bits per heavy atom. The lowest BCUT2D eigenvalue weighted by atomic mass is 10.2. The molecule has 0 fully saturated rings. The van der Waals surface area contributed by atoms with Gasteiger partial charge in [-0.15, -0.1) is 0 Å². The molecule has 0 aliphatic carbocycles. The molecule has 0 saturated heterocycles. The minimum atomic E-state index is 0.485. The first kappa shape index (κ1) is 17.2. The van der Waals surface area contributed by atoms with E-state index in [1.165, 1.54) is 0 Å². The highest BCUT2D eigenvalue weighted by molar-refractivity contribution is 5.48. The molecule has 5 nitrogen and oxygen atoms in total. The summed E-state index contributed by atoms with van der Waals surface area (Å²) < 4.78 is 13.2. The molecule has 0 spiro atoms. The molecule has 126 valence electrons. The molecule has 0 aliphatic heterocycles. The molecule has 0 saturated carbocycles. The van der Waals surface area contributed by atoms with Gasteiger partial charge in [-0.2, -0.15) is 5.10 Å². The van der Waals surface area contributed by atoms with Crippen molar-refractivity contribution < 1.29 is 9.47 Å². The predicted octanol–water partition coefficient (Wildman–Crippen LogP) is 3.87. The van der Waals surface area contributed by atoms with Gasteiger partial charge in [-0.25, -0.2) is 0 Å². The Balaban J connectivity index is 2.03. The Morgan fingerprint density at radius 2 is 2.04 bits per heavy atom. The predicted molar refractivity (Wildman–Crippen MR) is 93.3 cm³/mol. The first-order valence-corrected chi connectivity index (χ1v) is 8.11. The number of nitrogens with one attached hydrogen (secondary N) is 1. The van der Waals surface area contributed by atoms with Gasteiger partial charge in [0.25, 0.3) is 0 Å². The van der Waals surface area contributed by atoms with Gasteiger partial charge in [-0.1, -0.05) is 19.9 Å². The summed E-state index contributed by atoms with van der Waals surface area (Å²) in [6.45, 7) is 10.6. The van der Waals surface area contributed by atoms with Gasteiger partial charge in [-0.05, 0) is 37.5 Å². The highest BCUT2D eigenvalue weighted by atomic mass is 16.5. The minimum Gasteiger partial charge on any atom is -0.493 e. The van der Waals surface area contributed by atoms with Crippen LogP contribution in [-0.2, 0) is 13.1 Å². The summed E-state index contributed by atoms with van der Waals surface area (Å²) in [5.74, 6) is 2.05. The molecule has 1 aromatic carbocycles. The molecule has 0 unspecified atom stereocenters. The standard InChI is InChI=1S/C18H27N3O2/c1-6-21-11-16(14(4)20-21)19-10-15-7-8-17(18(9-15)22-5)23-12-13(2)3/h7-9,11,13,19H,6,10,12H2,1-5H3. The summed E-state index contributed by atoms with van der Waals surface area (Å²) in [4.78, 5) is 0. The van der Waals surface area contributed by atoms with Crippen LogP contribution in [0, 0.1) is 12.8 Å². The van der Waals surface area contributed by atoms with Crippen LogP contribution < -0.4 is 14.8 Å². The first-order valence-electron chi connectivity index (χ1n) is 8.11. The lowest BCUT2D eigenvalue weighted by Gasteiger charge is -2.14. The van der Waals surface area contributed by atoms with Crippen molar-refractivity contribution >= 4 is 5.69 Å². The van der Waals surface area contributed by atoms with Crippen molar-refractivity contribution in [3.8, 4) is 11.5 Å². The zero-order valence-corrected chi connectivity index (χ0v) is 14.7. The normalized spacial score (nSPS) is 10.9. The van der Waals surface area contributed by atoms with Crippen molar-refractivity contribution in [2.45, 2.75) is 40.8 Å². The van der Waals surface area contributed by atoms with E-state index in [1.54, 1.807) is 7.11 Å². The van der Waals surface area contributed by atoms with E-state index in [2.05, 4.69) is 37.3 Å². The van der Waals surface area contributed by atoms with Gasteiger partial charge in [0.2, 0.25) is 0 Å². The van der Waals surface area contributed by atoms with Gasteiger partial charge < -0.3 is 14.8 Å². The van der Waals surface area contributed by atoms with E-state index in [0.29, 0.717) is 12.5 Å². The van der Waals surface area contributed by atoms with Crippen LogP contribution in [0.25, 0.3) is 0 Å². The van der Waals surface area contributed by atoms with Gasteiger partial charge in [-0.3, -0.25) is 4.68 Å². The van der Waals surface area contributed by atoms with Crippen molar-refractivity contribution in [2.24, 2.45) is 5.92 Å². The Bertz CT molecular complexity index is 635. The SMILES string of the molecule is CCn1cc(NCc2ccc(OCC(C)C)c(OC)c2)c(C)n1. The molecule has 1 aromatic heterocycles. The number of rotatable bonds is 8. The molecule has 1 heterocycles. The van der Waals surface area contributed by atoms with E-state index in [4.69, 9.17) is 9.47 Å². The first-order chi connectivity index (χ1) is 11.0. The van der Waals surface area contributed by atoms with Gasteiger partial charge in [0.1, 0.15) is 0 Å². The van der Waals surface area contributed by atoms with Gasteiger partial charge in [0.15, 0.2) is 11.5 Å². The Kier molecular flexibility index (Phi) is 5.90. The summed E-state index contributed by atoms with van der Waals surface area (Å²) >= 11 is 0. The summed E-state index contributed by atoms with van der Waals surface area (Å²) in [5, 5.41) is 7.86. The molecule has 0 bridgehead atoms. The maximum atomic E-state index is 5.79. The van der Waals surface area contributed by atoms with Crippen LogP contribution >= 0.6 is 0 Å². The number of anilines is 1. The van der Waals surface area contributed by atoms with Crippen molar-refractivity contribution in [3.05, 3.63) is 35.7 Å². The number of methoxy groups -OCH3 is 1. The molecule has 2 rings (SSSR count). The van der Waals surface area contributed by atoms with Crippen LogP contribution in [0.15, 0.2) is 24.4 Å². The summed E-state index contributed by atoms with van der Waals surface area (Å²) in [5.41, 5.74) is 3.21. The van der Waals surface area contributed by atoms with Crippen molar-refractivity contribution in [3.63, 3.8) is 0 Å². The largest absolute Gasteiger partial charge is 0.493 e. The van der Waals surface area contributed by atoms with E-state index in [1.807, 2.05) is 29.9 Å². The molecule has 23 heavy (non-hydrogen) atoms. The second kappa shape index (κ2) is 7.90. The number of ether oxygens (including phenoxy) is 2. The topological polar surface area (TPSA) is 48.3 Å². The number of aromatic nitrogens is 2. The van der Waals surface area contributed by atoms with Gasteiger partial charge >= 0.3 is 0 Å². The second-order valence-electron chi connectivity index (χ2n) is 6.03. The van der Waals surface area contributed by atoms with Gasteiger partial charge in [0, 0.05) is 19.3 Å². The Morgan fingerprint density at radius 3 is 2.65 bits per heavy atom. The van der Waals surface area contributed by atoms with Crippen molar-refractivity contribution in [1.82, 2.24) is 9.78 Å². The van der Waals surface area contributed by atoms with Crippen LogP contribution in [0.2, 0.25) is 0 Å². The average molecular weight is 317 g/mol. The Labute approximate surface area is 138 Å². The zero-order chi connectivity index (χ0) is 16.8. The highest BCUT2D eigenvalue weighted by Gasteiger charge is 2.08. The van der Waals surface area contributed by atoms with Crippen molar-refractivity contribution in [2.75, 3.05) is 19.0 Å². The van der Waals surface area contributed by atoms with Crippen LogP contribution in [0.5, 0.6) is 11.5 Å². The van der Waals surface area contributed by atoms with Crippen LogP contribution in [0.1, 0.15) is 32.0 Å². The van der Waals surface area contributed by atoms with E-state index >= 15 is 0 Å². The number of benzene rings is 1. The van der Waals surface area contributed by atoms with Crippen LogP contribution in [0.3, 0.4) is 0 Å². The van der Waals surface area contributed by atoms with E-state index in [-0.39, 0.29) is 0 Å². The summed E-state index contributed by atoms with van der Waals surface area (Å²) in [6.07, 6.45) is 2.03. The summed E-state index contributed by atoms with van der Waals surface area (Å²) in [7, 11) is 1.67. The maximum Gasteiger partial charge on any atom is 0.161 e. The average Bonchev–Trinajstić information content (AvgIpc) is 2.91. The lowest BCUT2D eigenvalue weighted by Crippen LogP contribution is -2.06. The lowest BCUT2D eigenvalue weighted by molar-refractivity contribution is 0.257. The molecule has 0 aliphatic rings. The van der Waals surface area contributed by atoms with Crippen molar-refractivity contribution in [1.29, 1.82) is 0 Å². The maximum absolute atomic E-state index is 5.79. The zero-order valence-electron chi connectivity index (χ0n) is 14.7. The molecule has 5 heteroatoms. The third-order valence-electron chi connectivity index (χ3n) is 3.55. The van der Waals surface area contributed by atoms with Crippen LogP contribution in [-0.4, -0.2) is 23.5 Å². The molecule has 0 radical (unpaired) electrons. The molecular weight excluding hydrogens is 290 g/mol. The van der Waals surface area contributed by atoms with E-state index in [0.717, 1.165) is 41.5 Å². The number of aryl methyl sites for hydroxylation is 2. The van der Waals surface area contributed by atoms with Gasteiger partial charge in [0.05, 0.1) is 25.1 Å². The third kappa shape index (κ3) is 4.65. The molecule has 0 atom stereocenters. The molecule has 1 N–H and O–H groups in total. The quantitative estimate of drug-likeness (QED) is 0.803. The number of nitrogens with zero attached hydrogens (tertiary/aromatic N) is 2. The number of hydrogen-bond donors (Lipinski definition) is 1. The fourth-order valence-electron chi connectivity index (χ4n) is 2.25. The van der Waals surface area contributed by atoms with Crippen LogP contribution in [0.4, 0.5) is 5.69 Å². The highest BCUT2D eigenvalue weighted by Crippen LogP contribution is 2.29. The molecule has 0 amide bonds. The molecular formula is C18H27N3O2. The monoisotopic (exact) mass is 317 g/mol. The minimum absolute atomic E-state index is 0.485. The fraction of sp³-hybridized carbons (Fsp3) is 0.500. The Hall–Kier alpha value is -2.17. The summed E-state index contributed by atoms with van der Waals surface area (Å²) in [6, 6.07) is 6.05. The smallest absolute Gasteiger partial charge is 0.161 e. The third-order valence-corrected chi connectivity index (χ3v) is 3.55. The number of hydrogen-bond acceptors (Lipinski definition) is 4.